The van der Waals surface area contributed by atoms with Crippen molar-refractivity contribution in [2.75, 3.05) is 18.8 Å². The highest BCUT2D eigenvalue weighted by Crippen LogP contribution is 2.18. The molecule has 1 aliphatic heterocycles. The third kappa shape index (κ3) is 5.44. The number of nitrogens with two attached hydrogens (primary N) is 1. The zero-order valence-electron chi connectivity index (χ0n) is 13.4. The number of thioether (sulfide) groups is 1. The van der Waals surface area contributed by atoms with Crippen LogP contribution in [0.4, 0.5) is 0 Å². The Bertz CT molecular complexity index is 698. The summed E-state index contributed by atoms with van der Waals surface area (Å²) in [6.45, 7) is 3.79. The van der Waals surface area contributed by atoms with Gasteiger partial charge in [0.2, 0.25) is 15.9 Å². The molecule has 1 atom stereocenters. The van der Waals surface area contributed by atoms with Gasteiger partial charge in [-0.25, -0.2) is 13.6 Å². The van der Waals surface area contributed by atoms with Gasteiger partial charge in [0.05, 0.1) is 16.7 Å². The van der Waals surface area contributed by atoms with Crippen LogP contribution >= 0.6 is 24.0 Å². The van der Waals surface area contributed by atoms with Gasteiger partial charge in [0.25, 0.3) is 0 Å². The first-order valence-corrected chi connectivity index (χ1v) is 10.6. The smallest absolute Gasteiger partial charge is 0.238 e. The number of sulfonamides is 1. The van der Waals surface area contributed by atoms with Crippen LogP contribution in [0, 0.1) is 0 Å². The van der Waals surface area contributed by atoms with Crippen molar-refractivity contribution < 1.29 is 13.2 Å². The summed E-state index contributed by atoms with van der Waals surface area (Å²) in [5, 5.41) is 7.95. The van der Waals surface area contributed by atoms with Gasteiger partial charge >= 0.3 is 0 Å². The second kappa shape index (κ2) is 8.28. The average molecular weight is 388 g/mol. The van der Waals surface area contributed by atoms with Gasteiger partial charge in [0.15, 0.2) is 0 Å². The molecule has 6 nitrogen and oxygen atoms in total. The third-order valence-electron chi connectivity index (χ3n) is 3.78. The van der Waals surface area contributed by atoms with Crippen LogP contribution in [0.1, 0.15) is 31.4 Å². The number of nitrogens with zero attached hydrogens (tertiary/aromatic N) is 1. The number of nitrogens with one attached hydrogen (secondary N) is 1. The minimum absolute atomic E-state index is 0.0521. The maximum absolute atomic E-state index is 12.0. The van der Waals surface area contributed by atoms with Gasteiger partial charge in [-0.3, -0.25) is 4.79 Å². The molecule has 132 valence electrons. The van der Waals surface area contributed by atoms with Crippen molar-refractivity contribution in [3.05, 3.63) is 29.8 Å². The molecule has 3 N–H and O–H groups in total. The zero-order chi connectivity index (χ0) is 17.7. The molecule has 0 unspecified atom stereocenters. The summed E-state index contributed by atoms with van der Waals surface area (Å²) in [6, 6.07) is 5.93. The van der Waals surface area contributed by atoms with E-state index in [2.05, 4.69) is 10.2 Å². The standard InChI is InChI=1S/C15H21N3O3S3/c1-11(12-4-6-13(7-5-12)24(16,20)21)17-14(19)10-23-15(22)18-8-2-3-9-18/h4-7,11H,2-3,8-10H2,1H3,(H,17,19)(H2,16,20,21)/t11-/m1/s1. The number of carbonyl (C=O) groups excluding carboxylic acids is 1. The molecule has 2 rings (SSSR count). The first kappa shape index (κ1) is 19.2. The Morgan fingerprint density at radius 2 is 1.92 bits per heavy atom. The number of likely N-dealkylation sites (tertiary alicyclic amines) is 1. The Kier molecular flexibility index (Phi) is 6.62. The van der Waals surface area contributed by atoms with Crippen molar-refractivity contribution in [1.82, 2.24) is 10.2 Å². The fraction of sp³-hybridized carbons (Fsp3) is 0.467. The topological polar surface area (TPSA) is 92.5 Å². The van der Waals surface area contributed by atoms with Crippen LogP contribution in [0.2, 0.25) is 0 Å². The molecule has 1 fully saturated rings. The highest BCUT2D eigenvalue weighted by Gasteiger charge is 2.17. The van der Waals surface area contributed by atoms with Crippen LogP contribution in [0.5, 0.6) is 0 Å². The molecule has 1 aliphatic rings. The largest absolute Gasteiger partial charge is 0.358 e. The average Bonchev–Trinajstić information content (AvgIpc) is 3.06. The van der Waals surface area contributed by atoms with E-state index < -0.39 is 10.0 Å². The third-order valence-corrected chi connectivity index (χ3v) is 6.23. The lowest BCUT2D eigenvalue weighted by Crippen LogP contribution is -2.30. The summed E-state index contributed by atoms with van der Waals surface area (Å²) in [5.41, 5.74) is 0.808. The van der Waals surface area contributed by atoms with E-state index in [1.54, 1.807) is 12.1 Å². The predicted molar refractivity (Wildman–Crippen MR) is 100 cm³/mol. The number of hydrogen-bond donors (Lipinski definition) is 2. The zero-order valence-corrected chi connectivity index (χ0v) is 15.8. The monoisotopic (exact) mass is 387 g/mol. The number of amides is 1. The van der Waals surface area contributed by atoms with Crippen molar-refractivity contribution in [2.45, 2.75) is 30.7 Å². The minimum Gasteiger partial charge on any atom is -0.358 e. The summed E-state index contributed by atoms with van der Waals surface area (Å²) in [6.07, 6.45) is 2.30. The van der Waals surface area contributed by atoms with Gasteiger partial charge in [-0.15, -0.1) is 0 Å². The van der Waals surface area contributed by atoms with Crippen LogP contribution < -0.4 is 10.5 Å². The lowest BCUT2D eigenvalue weighted by Gasteiger charge is -2.18. The van der Waals surface area contributed by atoms with Gasteiger partial charge in [-0.05, 0) is 37.5 Å². The highest BCUT2D eigenvalue weighted by atomic mass is 32.2. The lowest BCUT2D eigenvalue weighted by atomic mass is 10.1. The van der Waals surface area contributed by atoms with Crippen LogP contribution in [0.25, 0.3) is 0 Å². The number of rotatable bonds is 5. The highest BCUT2D eigenvalue weighted by molar-refractivity contribution is 8.23. The van der Waals surface area contributed by atoms with E-state index in [4.69, 9.17) is 17.4 Å². The van der Waals surface area contributed by atoms with E-state index in [9.17, 15) is 13.2 Å². The maximum Gasteiger partial charge on any atom is 0.238 e. The van der Waals surface area contributed by atoms with Crippen molar-refractivity contribution in [2.24, 2.45) is 5.14 Å². The van der Waals surface area contributed by atoms with Crippen LogP contribution in [-0.2, 0) is 14.8 Å². The molecule has 0 bridgehead atoms. The van der Waals surface area contributed by atoms with E-state index in [1.165, 1.54) is 23.9 Å². The van der Waals surface area contributed by atoms with Crippen molar-refractivity contribution in [3.63, 3.8) is 0 Å². The molecule has 1 aromatic rings. The first-order valence-electron chi connectivity index (χ1n) is 7.61. The van der Waals surface area contributed by atoms with Gasteiger partial charge in [0.1, 0.15) is 4.32 Å². The molecule has 1 heterocycles. The molecular weight excluding hydrogens is 366 g/mol. The summed E-state index contributed by atoms with van der Waals surface area (Å²) in [5.74, 6) is 0.166. The molecule has 1 saturated heterocycles. The predicted octanol–water partition coefficient (Wildman–Crippen LogP) is 1.63. The lowest BCUT2D eigenvalue weighted by molar-refractivity contribution is -0.119. The molecule has 0 aliphatic carbocycles. The first-order chi connectivity index (χ1) is 11.3. The molecule has 24 heavy (non-hydrogen) atoms. The Morgan fingerprint density at radius 1 is 1.33 bits per heavy atom. The molecule has 0 radical (unpaired) electrons. The summed E-state index contributed by atoms with van der Waals surface area (Å²) >= 11 is 6.70. The number of carbonyl (C=O) groups is 1. The molecule has 0 saturated carbocycles. The summed E-state index contributed by atoms with van der Waals surface area (Å²) in [4.78, 5) is 14.2. The Labute approximate surface area is 152 Å². The number of thiocarbonyl (C=S) groups is 1. The fourth-order valence-electron chi connectivity index (χ4n) is 2.43. The Hall–Kier alpha value is -1.16. The summed E-state index contributed by atoms with van der Waals surface area (Å²) < 4.78 is 23.2. The van der Waals surface area contributed by atoms with E-state index >= 15 is 0 Å². The normalized spacial score (nSPS) is 16.0. The van der Waals surface area contributed by atoms with Crippen LogP contribution in [0.15, 0.2) is 29.2 Å². The quantitative estimate of drug-likeness (QED) is 0.746. The molecule has 1 amide bonds. The maximum atomic E-state index is 12.0. The van der Waals surface area contributed by atoms with Crippen LogP contribution in [0.3, 0.4) is 0 Å². The van der Waals surface area contributed by atoms with E-state index in [0.717, 1.165) is 35.8 Å². The number of benzene rings is 1. The van der Waals surface area contributed by atoms with Gasteiger partial charge < -0.3 is 10.2 Å². The van der Waals surface area contributed by atoms with E-state index in [1.807, 2.05) is 6.92 Å². The van der Waals surface area contributed by atoms with Gasteiger partial charge in [-0.2, -0.15) is 0 Å². The van der Waals surface area contributed by atoms with Crippen molar-refractivity contribution in [1.29, 1.82) is 0 Å². The molecule has 1 aromatic carbocycles. The molecule has 9 heteroatoms. The SMILES string of the molecule is C[C@@H](NC(=O)CSC(=S)N1CCCC1)c1ccc(S(N)(=O)=O)cc1. The minimum atomic E-state index is -3.70. The molecule has 0 aromatic heterocycles. The Balaban J connectivity index is 1.83. The second-order valence-corrected chi connectivity index (χ2v) is 8.82. The molecular formula is C15H21N3O3S3. The van der Waals surface area contributed by atoms with Gasteiger partial charge in [-0.1, -0.05) is 36.1 Å². The summed E-state index contributed by atoms with van der Waals surface area (Å²) in [7, 11) is -3.70. The number of hydrogen-bond acceptors (Lipinski definition) is 5. The van der Waals surface area contributed by atoms with Crippen molar-refractivity contribution in [3.8, 4) is 0 Å². The second-order valence-electron chi connectivity index (χ2n) is 5.65. The Morgan fingerprint density at radius 3 is 2.46 bits per heavy atom. The number of primary sulfonamides is 1. The van der Waals surface area contributed by atoms with E-state index in [-0.39, 0.29) is 22.6 Å². The fourth-order valence-corrected chi connectivity index (χ4v) is 4.01. The van der Waals surface area contributed by atoms with Crippen molar-refractivity contribution >= 4 is 44.2 Å². The molecule has 0 spiro atoms. The van der Waals surface area contributed by atoms with Crippen LogP contribution in [-0.4, -0.2) is 42.4 Å². The van der Waals surface area contributed by atoms with Gasteiger partial charge in [0, 0.05) is 13.1 Å². The van der Waals surface area contributed by atoms with E-state index in [0.29, 0.717) is 0 Å².